The van der Waals surface area contributed by atoms with Gasteiger partial charge in [-0.05, 0) is 6.92 Å². The SMILES string of the molecule is [2H]C([2H])(C(=O)OCC)P(=O)(O)O. The van der Waals surface area contributed by atoms with Gasteiger partial charge in [0.1, 0.15) is 6.11 Å². The molecule has 0 amide bonds. The maximum Gasteiger partial charge on any atom is 0.336 e. The molecule has 0 rings (SSSR count). The smallest absolute Gasteiger partial charge is 0.336 e. The van der Waals surface area contributed by atoms with Gasteiger partial charge in [-0.3, -0.25) is 9.36 Å². The summed E-state index contributed by atoms with van der Waals surface area (Å²) in [5, 5.41) is 0. The first-order chi connectivity index (χ1) is 5.23. The van der Waals surface area contributed by atoms with Crippen LogP contribution in [-0.4, -0.2) is 28.5 Å². The second kappa shape index (κ2) is 3.71. The zero-order chi connectivity index (χ0) is 9.99. The van der Waals surface area contributed by atoms with E-state index in [0.717, 1.165) is 0 Å². The van der Waals surface area contributed by atoms with Crippen molar-refractivity contribution >= 4 is 13.6 Å². The van der Waals surface area contributed by atoms with Crippen LogP contribution in [0.1, 0.15) is 9.67 Å². The molecule has 0 aliphatic heterocycles. The second-order valence-corrected chi connectivity index (χ2v) is 2.69. The van der Waals surface area contributed by atoms with E-state index in [1.807, 2.05) is 0 Å². The van der Waals surface area contributed by atoms with Gasteiger partial charge in [-0.25, -0.2) is 0 Å². The molecule has 0 saturated heterocycles. The maximum absolute atomic E-state index is 10.6. The summed E-state index contributed by atoms with van der Waals surface area (Å²) in [7, 11) is -5.10. The third-order valence-corrected chi connectivity index (χ3v) is 0.986. The summed E-state index contributed by atoms with van der Waals surface area (Å²) in [5.41, 5.74) is 0. The van der Waals surface area contributed by atoms with Crippen molar-refractivity contribution in [1.29, 1.82) is 0 Å². The van der Waals surface area contributed by atoms with Crippen LogP contribution in [0, 0.1) is 0 Å². The van der Waals surface area contributed by atoms with Crippen LogP contribution in [0.4, 0.5) is 0 Å². The molecule has 0 bridgehead atoms. The number of carbonyl (C=O) groups is 1. The molecule has 0 aromatic rings. The summed E-state index contributed by atoms with van der Waals surface area (Å²) in [5.74, 6) is -1.54. The van der Waals surface area contributed by atoms with Gasteiger partial charge in [-0.1, -0.05) is 0 Å². The number of esters is 1. The first-order valence-electron chi connectivity index (χ1n) is 3.46. The Balaban J connectivity index is 4.62. The summed E-state index contributed by atoms with van der Waals surface area (Å²) in [6.07, 6.45) is -3.25. The molecule has 0 radical (unpaired) electrons. The van der Waals surface area contributed by atoms with Gasteiger partial charge in [-0.15, -0.1) is 0 Å². The highest BCUT2D eigenvalue weighted by atomic mass is 31.2. The van der Waals surface area contributed by atoms with Crippen molar-refractivity contribution in [3.63, 3.8) is 0 Å². The largest absolute Gasteiger partial charge is 0.466 e. The highest BCUT2D eigenvalue weighted by Gasteiger charge is 2.19. The van der Waals surface area contributed by atoms with E-state index >= 15 is 0 Å². The number of hydrogen-bond donors (Lipinski definition) is 2. The first kappa shape index (κ1) is 6.34. The number of rotatable bonds is 3. The van der Waals surface area contributed by atoms with Crippen molar-refractivity contribution < 1.29 is 26.6 Å². The van der Waals surface area contributed by atoms with Gasteiger partial charge in [0.15, 0.2) is 0 Å². The predicted molar refractivity (Wildman–Crippen MR) is 33.5 cm³/mol. The Hall–Kier alpha value is -0.380. The summed E-state index contributed by atoms with van der Waals surface area (Å²) in [6.45, 7) is 1.28. The molecule has 0 saturated carbocycles. The van der Waals surface area contributed by atoms with E-state index in [1.54, 1.807) is 0 Å². The fourth-order valence-electron chi connectivity index (χ4n) is 0.282. The molecule has 0 fully saturated rings. The summed E-state index contributed by atoms with van der Waals surface area (Å²) < 4.78 is 27.9. The summed E-state index contributed by atoms with van der Waals surface area (Å²) in [6, 6.07) is 0. The van der Waals surface area contributed by atoms with Crippen molar-refractivity contribution in [2.45, 2.75) is 6.92 Å². The van der Waals surface area contributed by atoms with E-state index in [4.69, 9.17) is 12.5 Å². The molecular weight excluding hydrogens is 159 g/mol. The van der Waals surface area contributed by atoms with Crippen LogP contribution in [0.5, 0.6) is 0 Å². The van der Waals surface area contributed by atoms with Gasteiger partial charge < -0.3 is 14.5 Å². The Morgan fingerprint density at radius 3 is 2.60 bits per heavy atom. The molecule has 6 heteroatoms. The van der Waals surface area contributed by atoms with Gasteiger partial charge >= 0.3 is 13.6 Å². The minimum absolute atomic E-state index is 0.127. The third-order valence-electron chi connectivity index (χ3n) is 0.512. The molecule has 0 aromatic heterocycles. The average Bonchev–Trinajstić information content (AvgIpc) is 1.85. The molecule has 0 aromatic carbocycles. The zero-order valence-corrected chi connectivity index (χ0v) is 6.17. The fourth-order valence-corrected chi connectivity index (χ4v) is 0.585. The van der Waals surface area contributed by atoms with E-state index < -0.39 is 19.7 Å². The van der Waals surface area contributed by atoms with Crippen molar-refractivity contribution in [3.8, 4) is 0 Å². The van der Waals surface area contributed by atoms with Crippen LogP contribution >= 0.6 is 7.60 Å². The maximum atomic E-state index is 10.6. The lowest BCUT2D eigenvalue weighted by molar-refractivity contribution is -0.140. The van der Waals surface area contributed by atoms with Crippen molar-refractivity contribution in [2.75, 3.05) is 12.7 Å². The lowest BCUT2D eigenvalue weighted by Gasteiger charge is -2.01. The summed E-state index contributed by atoms with van der Waals surface area (Å²) in [4.78, 5) is 27.4. The van der Waals surface area contributed by atoms with Crippen LogP contribution in [0.25, 0.3) is 0 Å². The quantitative estimate of drug-likeness (QED) is 0.449. The fraction of sp³-hybridized carbons (Fsp3) is 0.750. The number of ether oxygens (including phenoxy) is 1. The molecule has 10 heavy (non-hydrogen) atoms. The second-order valence-electron chi connectivity index (χ2n) is 1.38. The zero-order valence-electron chi connectivity index (χ0n) is 7.27. The third kappa shape index (κ3) is 5.75. The minimum Gasteiger partial charge on any atom is -0.466 e. The van der Waals surface area contributed by atoms with Crippen LogP contribution in [0.2, 0.25) is 0 Å². The van der Waals surface area contributed by atoms with E-state index in [0.29, 0.717) is 0 Å². The number of carbonyl (C=O) groups excluding carboxylic acids is 1. The van der Waals surface area contributed by atoms with Gasteiger partial charge in [0.2, 0.25) is 0 Å². The van der Waals surface area contributed by atoms with Crippen molar-refractivity contribution in [2.24, 2.45) is 0 Å². The molecular formula is C4H9O5P. The van der Waals surface area contributed by atoms with Crippen molar-refractivity contribution in [3.05, 3.63) is 0 Å². The molecule has 0 unspecified atom stereocenters. The van der Waals surface area contributed by atoms with E-state index in [1.165, 1.54) is 6.92 Å². The Morgan fingerprint density at radius 1 is 1.80 bits per heavy atom. The van der Waals surface area contributed by atoms with Gasteiger partial charge in [0.05, 0.1) is 9.35 Å². The Bertz CT molecular complexity index is 221. The van der Waals surface area contributed by atoms with E-state index in [-0.39, 0.29) is 6.61 Å². The van der Waals surface area contributed by atoms with Crippen LogP contribution in [0.15, 0.2) is 0 Å². The lowest BCUT2D eigenvalue weighted by Crippen LogP contribution is -2.09. The van der Waals surface area contributed by atoms with E-state index in [9.17, 15) is 9.36 Å². The van der Waals surface area contributed by atoms with E-state index in [2.05, 4.69) is 4.74 Å². The highest BCUT2D eigenvalue weighted by molar-refractivity contribution is 7.52. The first-order valence-corrected chi connectivity index (χ1v) is 4.07. The summed E-state index contributed by atoms with van der Waals surface area (Å²) >= 11 is 0. The molecule has 0 atom stereocenters. The molecule has 0 aliphatic carbocycles. The lowest BCUT2D eigenvalue weighted by atomic mass is 10.8. The topological polar surface area (TPSA) is 83.8 Å². The monoisotopic (exact) mass is 170 g/mol. The molecule has 0 aliphatic rings. The van der Waals surface area contributed by atoms with Crippen LogP contribution in [-0.2, 0) is 14.1 Å². The van der Waals surface area contributed by atoms with Gasteiger partial charge in [0, 0.05) is 0 Å². The molecule has 0 heterocycles. The average molecular weight is 170 g/mol. The van der Waals surface area contributed by atoms with Crippen LogP contribution < -0.4 is 0 Å². The van der Waals surface area contributed by atoms with Gasteiger partial charge in [0.25, 0.3) is 0 Å². The Morgan fingerprint density at radius 2 is 2.30 bits per heavy atom. The predicted octanol–water partition coefficient (Wildman–Crippen LogP) is -0.273. The molecule has 2 N–H and O–H groups in total. The normalized spacial score (nSPS) is 15.5. The highest BCUT2D eigenvalue weighted by Crippen LogP contribution is 2.33. The molecule has 60 valence electrons. The van der Waals surface area contributed by atoms with Crippen LogP contribution in [0.3, 0.4) is 0 Å². The molecule has 0 spiro atoms. The van der Waals surface area contributed by atoms with Gasteiger partial charge in [-0.2, -0.15) is 0 Å². The number of hydrogen-bond acceptors (Lipinski definition) is 3. The standard InChI is InChI=1S/C4H9O5P/c1-2-9-4(5)3-10(6,7)8/h2-3H2,1H3,(H2,6,7,8)/i3D2. The molecule has 5 nitrogen and oxygen atoms in total. The Kier molecular flexibility index (Phi) is 2.35. The Labute approximate surface area is 61.0 Å². The minimum atomic E-state index is -5.10. The van der Waals surface area contributed by atoms with Crippen molar-refractivity contribution in [1.82, 2.24) is 0 Å².